The van der Waals surface area contributed by atoms with Crippen LogP contribution in [-0.4, -0.2) is 94.7 Å². The summed E-state index contributed by atoms with van der Waals surface area (Å²) in [5.74, 6) is -0.751. The van der Waals surface area contributed by atoms with Gasteiger partial charge in [-0.25, -0.2) is 0 Å². The molecule has 0 fully saturated rings. The highest BCUT2D eigenvalue weighted by Gasteiger charge is 2.14. The van der Waals surface area contributed by atoms with Gasteiger partial charge in [0.2, 0.25) is 11.8 Å². The van der Waals surface area contributed by atoms with Gasteiger partial charge >= 0.3 is 0 Å². The molecule has 0 aromatic rings. The third-order valence-corrected chi connectivity index (χ3v) is 6.86. The van der Waals surface area contributed by atoms with Crippen LogP contribution in [0.5, 0.6) is 0 Å². The van der Waals surface area contributed by atoms with Crippen molar-refractivity contribution in [3.8, 4) is 0 Å². The first-order valence-corrected chi connectivity index (χ1v) is 15.4. The topological polar surface area (TPSA) is 98.3 Å². The molecule has 228 valence electrons. The van der Waals surface area contributed by atoms with E-state index >= 15 is 0 Å². The molecular formula is C31H61N4O4+. The molecule has 2 N–H and O–H groups in total. The number of nitrogens with one attached hydrogen (secondary N) is 2. The number of likely N-dealkylation sites (N-methyl/N-ethyl adjacent to an activating group) is 1. The van der Waals surface area contributed by atoms with Crippen molar-refractivity contribution in [2.24, 2.45) is 0 Å². The van der Waals surface area contributed by atoms with E-state index in [2.05, 4.69) is 43.9 Å². The molecule has 39 heavy (non-hydrogen) atoms. The largest absolute Gasteiger partial charge is 0.544 e. The van der Waals surface area contributed by atoms with E-state index in [4.69, 9.17) is 0 Å². The van der Waals surface area contributed by atoms with Crippen molar-refractivity contribution in [1.29, 1.82) is 0 Å². The fourth-order valence-corrected chi connectivity index (χ4v) is 4.51. The molecule has 0 atom stereocenters. The predicted molar refractivity (Wildman–Crippen MR) is 159 cm³/mol. The van der Waals surface area contributed by atoms with E-state index in [1.54, 1.807) is 0 Å². The van der Waals surface area contributed by atoms with E-state index < -0.39 is 5.97 Å². The van der Waals surface area contributed by atoms with Crippen LogP contribution < -0.4 is 15.7 Å². The van der Waals surface area contributed by atoms with Crippen molar-refractivity contribution in [3.63, 3.8) is 0 Å². The average Bonchev–Trinajstić information content (AvgIpc) is 2.83. The molecule has 8 nitrogen and oxygen atoms in total. The van der Waals surface area contributed by atoms with Gasteiger partial charge in [0.15, 0.2) is 0 Å². The Kier molecular flexibility index (Phi) is 21.7. The summed E-state index contributed by atoms with van der Waals surface area (Å²) in [6.45, 7) is 3.15. The van der Waals surface area contributed by atoms with Crippen molar-refractivity contribution in [3.05, 3.63) is 12.2 Å². The number of carboxylic acid groups (broad SMARTS) is 1. The third kappa shape index (κ3) is 28.9. The number of unbranched alkanes of at least 4 members (excludes halogenated alkanes) is 10. The summed E-state index contributed by atoms with van der Waals surface area (Å²) in [4.78, 5) is 34.5. The Balaban J connectivity index is 3.41. The highest BCUT2D eigenvalue weighted by Crippen LogP contribution is 2.10. The summed E-state index contributed by atoms with van der Waals surface area (Å²) < 4.78 is 1.31. The number of nitrogens with zero attached hydrogens (tertiary/aromatic N) is 2. The maximum atomic E-state index is 11.9. The summed E-state index contributed by atoms with van der Waals surface area (Å²) in [7, 11) is 10.2. The summed E-state index contributed by atoms with van der Waals surface area (Å²) in [6, 6.07) is 0. The second-order valence-corrected chi connectivity index (χ2v) is 12.7. The minimum atomic E-state index is -1.04. The van der Waals surface area contributed by atoms with Gasteiger partial charge in [-0.1, -0.05) is 50.7 Å². The Morgan fingerprint density at radius 3 is 1.44 bits per heavy atom. The van der Waals surface area contributed by atoms with Crippen molar-refractivity contribution in [2.45, 2.75) is 103 Å². The number of amides is 2. The molecule has 0 unspecified atom stereocenters. The zero-order chi connectivity index (χ0) is 29.4. The molecule has 0 aliphatic carbocycles. The number of carbonyl (C=O) groups excluding carboxylic acids is 3. The molecule has 0 aromatic heterocycles. The maximum absolute atomic E-state index is 11.9. The normalized spacial score (nSPS) is 12.1. The molecule has 0 rings (SSSR count). The van der Waals surface area contributed by atoms with Gasteiger partial charge in [0.1, 0.15) is 6.54 Å². The Bertz CT molecular complexity index is 687. The van der Waals surface area contributed by atoms with Crippen LogP contribution in [-0.2, 0) is 14.4 Å². The van der Waals surface area contributed by atoms with Crippen LogP contribution in [0.25, 0.3) is 0 Å². The van der Waals surface area contributed by atoms with Crippen molar-refractivity contribution in [1.82, 2.24) is 10.6 Å². The quantitative estimate of drug-likeness (QED) is 0.0972. The number of aliphatic carboxylic acids is 1. The zero-order valence-corrected chi connectivity index (χ0v) is 26.0. The molecule has 0 aliphatic rings. The number of quaternary nitrogens is 2. The van der Waals surface area contributed by atoms with Gasteiger partial charge in [-0.15, -0.1) is 0 Å². The van der Waals surface area contributed by atoms with Gasteiger partial charge in [0.05, 0.1) is 54.3 Å². The number of carbonyl (C=O) groups is 3. The lowest BCUT2D eigenvalue weighted by Crippen LogP contribution is -2.49. The predicted octanol–water partition coefficient (Wildman–Crippen LogP) is 3.55. The Morgan fingerprint density at radius 1 is 0.590 bits per heavy atom. The molecule has 0 spiro atoms. The fraction of sp³-hybridized carbons (Fsp3) is 0.839. The molecule has 0 saturated heterocycles. The van der Waals surface area contributed by atoms with Crippen LogP contribution in [0.4, 0.5) is 0 Å². The van der Waals surface area contributed by atoms with E-state index in [1.165, 1.54) is 38.5 Å². The van der Waals surface area contributed by atoms with Gasteiger partial charge in [-0.2, -0.15) is 0 Å². The number of hydrogen-bond donors (Lipinski definition) is 2. The zero-order valence-electron chi connectivity index (χ0n) is 26.0. The van der Waals surface area contributed by atoms with Crippen LogP contribution in [0, 0.1) is 0 Å². The molecule has 0 heterocycles. The highest BCUT2D eigenvalue weighted by molar-refractivity contribution is 5.76. The van der Waals surface area contributed by atoms with E-state index in [-0.39, 0.29) is 18.4 Å². The highest BCUT2D eigenvalue weighted by atomic mass is 16.4. The first-order valence-electron chi connectivity index (χ1n) is 15.4. The minimum absolute atomic E-state index is 0.00865. The van der Waals surface area contributed by atoms with Gasteiger partial charge < -0.3 is 29.5 Å². The first-order chi connectivity index (χ1) is 18.4. The molecule has 2 amide bonds. The molecule has 0 saturated carbocycles. The summed E-state index contributed by atoms with van der Waals surface area (Å²) in [6.07, 6.45) is 21.3. The number of carboxylic acids is 1. The lowest BCUT2D eigenvalue weighted by Gasteiger charge is -2.30. The molecule has 0 aromatic carbocycles. The molecule has 0 radical (unpaired) electrons. The molecular weight excluding hydrogens is 492 g/mol. The smallest absolute Gasteiger partial charge is 0.219 e. The molecule has 8 heteroatoms. The number of allylic oxidation sites excluding steroid dienone is 2. The minimum Gasteiger partial charge on any atom is -0.544 e. The average molecular weight is 554 g/mol. The van der Waals surface area contributed by atoms with Crippen molar-refractivity contribution < 1.29 is 28.5 Å². The lowest BCUT2D eigenvalue weighted by atomic mass is 10.1. The van der Waals surface area contributed by atoms with Crippen LogP contribution in [0.1, 0.15) is 103 Å². The Hall–Kier alpha value is -1.93. The van der Waals surface area contributed by atoms with Gasteiger partial charge in [-0.05, 0) is 38.5 Å². The van der Waals surface area contributed by atoms with Crippen LogP contribution in [0.2, 0.25) is 0 Å². The van der Waals surface area contributed by atoms with Crippen molar-refractivity contribution >= 4 is 17.8 Å². The third-order valence-electron chi connectivity index (χ3n) is 6.86. The first kappa shape index (κ1) is 37.1. The maximum Gasteiger partial charge on any atom is 0.219 e. The van der Waals surface area contributed by atoms with Gasteiger partial charge in [0, 0.05) is 38.8 Å². The van der Waals surface area contributed by atoms with Crippen LogP contribution >= 0.6 is 0 Å². The Labute approximate surface area is 239 Å². The van der Waals surface area contributed by atoms with E-state index in [0.29, 0.717) is 30.4 Å². The monoisotopic (exact) mass is 553 g/mol. The van der Waals surface area contributed by atoms with E-state index in [9.17, 15) is 19.5 Å². The second kappa shape index (κ2) is 22.8. The van der Waals surface area contributed by atoms with Crippen LogP contribution in [0.3, 0.4) is 0 Å². The number of rotatable bonds is 26. The molecule has 0 aliphatic heterocycles. The van der Waals surface area contributed by atoms with Gasteiger partial charge in [0.25, 0.3) is 0 Å². The van der Waals surface area contributed by atoms with E-state index in [0.717, 1.165) is 68.9 Å². The fourth-order valence-electron chi connectivity index (χ4n) is 4.51. The van der Waals surface area contributed by atoms with Gasteiger partial charge in [-0.3, -0.25) is 9.59 Å². The van der Waals surface area contributed by atoms with E-state index in [1.807, 2.05) is 14.1 Å². The Morgan fingerprint density at radius 2 is 1.00 bits per heavy atom. The summed E-state index contributed by atoms with van der Waals surface area (Å²) in [5, 5.41) is 16.7. The van der Waals surface area contributed by atoms with Crippen molar-refractivity contribution in [2.75, 3.05) is 68.0 Å². The summed E-state index contributed by atoms with van der Waals surface area (Å²) >= 11 is 0. The SMILES string of the molecule is C[N+](C)(C)CCCNC(=O)CCCCCCC/C=C/CCCCCCCC(=O)NCCC[N+](C)(C)CC(=O)[O-]. The number of hydrogen-bond acceptors (Lipinski definition) is 4. The lowest BCUT2D eigenvalue weighted by molar-refractivity contribution is -0.884. The standard InChI is InChI=1S/C31H60N4O4/c1-34(2,3)26-20-24-32-29(36)22-18-16-14-12-10-8-6-7-9-11-13-15-17-19-23-30(37)33-25-21-27-35(4,5)28-31(38)39/h6-7H,8-28H2,1-5H3,(H-2,32,33,36,37,38,39)/p+1/b7-6+. The summed E-state index contributed by atoms with van der Waals surface area (Å²) in [5.41, 5.74) is 0. The second-order valence-electron chi connectivity index (χ2n) is 12.7. The molecule has 0 bridgehead atoms. The van der Waals surface area contributed by atoms with Crippen LogP contribution in [0.15, 0.2) is 12.2 Å².